The number of benzene rings is 1. The molecule has 1 aromatic carbocycles. The van der Waals surface area contributed by atoms with E-state index >= 15 is 0 Å². The number of halogens is 2. The number of nitrogens with two attached hydrogens (primary N) is 1. The second-order valence-corrected chi connectivity index (χ2v) is 2.63. The lowest BCUT2D eigenvalue weighted by molar-refractivity contribution is 0.357. The number of rotatable bonds is 2. The van der Waals surface area contributed by atoms with Crippen LogP contribution in [0.3, 0.4) is 0 Å². The van der Waals surface area contributed by atoms with E-state index in [9.17, 15) is 9.50 Å². The Labute approximate surface area is 86.2 Å². The van der Waals surface area contributed by atoms with Gasteiger partial charge in [-0.25, -0.2) is 4.39 Å². The van der Waals surface area contributed by atoms with Crippen molar-refractivity contribution in [3.8, 4) is 17.2 Å². The predicted octanol–water partition coefficient (Wildman–Crippen LogP) is 1.19. The Bertz CT molecular complexity index is 322. The molecule has 0 aromatic heterocycles. The zero-order chi connectivity index (χ0) is 10.0. The summed E-state index contributed by atoms with van der Waals surface area (Å²) in [7, 11) is 0. The third-order valence-corrected chi connectivity index (χ3v) is 1.73. The number of hydrogen-bond acceptors (Lipinski definition) is 4. The highest BCUT2D eigenvalue weighted by Gasteiger charge is 2.15. The number of hydrogen-bond donors (Lipinski definition) is 4. The van der Waals surface area contributed by atoms with Gasteiger partial charge < -0.3 is 21.1 Å². The van der Waals surface area contributed by atoms with E-state index in [-0.39, 0.29) is 18.0 Å². The third-order valence-electron chi connectivity index (χ3n) is 1.73. The van der Waals surface area contributed by atoms with Crippen LogP contribution in [0.2, 0.25) is 0 Å². The molecule has 0 saturated heterocycles. The van der Waals surface area contributed by atoms with E-state index in [4.69, 9.17) is 15.9 Å². The average Bonchev–Trinajstić information content (AvgIpc) is 2.13. The highest BCUT2D eigenvalue weighted by Crippen LogP contribution is 2.39. The first-order valence-electron chi connectivity index (χ1n) is 3.63. The Kier molecular flexibility index (Phi) is 4.46. The van der Waals surface area contributed by atoms with Gasteiger partial charge >= 0.3 is 0 Å². The highest BCUT2D eigenvalue weighted by molar-refractivity contribution is 5.85. The van der Waals surface area contributed by atoms with Gasteiger partial charge in [0.1, 0.15) is 6.67 Å². The van der Waals surface area contributed by atoms with E-state index in [1.165, 1.54) is 6.07 Å². The summed E-state index contributed by atoms with van der Waals surface area (Å²) in [6, 6.07) is 1.40. The van der Waals surface area contributed by atoms with Crippen molar-refractivity contribution in [2.24, 2.45) is 5.73 Å². The van der Waals surface area contributed by atoms with Crippen LogP contribution in [0.5, 0.6) is 17.2 Å². The van der Waals surface area contributed by atoms with Crippen LogP contribution in [-0.2, 0) is 0 Å². The topological polar surface area (TPSA) is 86.7 Å². The minimum Gasteiger partial charge on any atom is -0.504 e. The molecule has 0 aliphatic carbocycles. The Morgan fingerprint density at radius 1 is 1.21 bits per heavy atom. The SMILES string of the molecule is Cl.N[C@@H](CF)c1ccc(O)c(O)c1O. The molecule has 14 heavy (non-hydrogen) atoms. The Balaban J connectivity index is 0.00000169. The standard InChI is InChI=1S/C8H10FNO3.ClH/c9-3-5(10)4-1-2-6(11)8(13)7(4)12;/h1-2,5,11-13H,3,10H2;1H/t5-;/m0./s1. The van der Waals surface area contributed by atoms with Gasteiger partial charge in [0.2, 0.25) is 5.75 Å². The van der Waals surface area contributed by atoms with Crippen LogP contribution in [0.25, 0.3) is 0 Å². The molecule has 6 heteroatoms. The molecule has 0 fully saturated rings. The lowest BCUT2D eigenvalue weighted by Gasteiger charge is -2.11. The lowest BCUT2D eigenvalue weighted by Crippen LogP contribution is -2.12. The molecule has 0 aliphatic rings. The summed E-state index contributed by atoms with van der Waals surface area (Å²) in [5.41, 5.74) is 5.35. The molecule has 0 radical (unpaired) electrons. The van der Waals surface area contributed by atoms with E-state index in [0.717, 1.165) is 6.07 Å². The highest BCUT2D eigenvalue weighted by atomic mass is 35.5. The molecular weight excluding hydrogens is 213 g/mol. The van der Waals surface area contributed by atoms with Gasteiger partial charge in [0.15, 0.2) is 11.5 Å². The van der Waals surface area contributed by atoms with Crippen LogP contribution in [0.4, 0.5) is 4.39 Å². The van der Waals surface area contributed by atoms with Crippen molar-refractivity contribution in [3.05, 3.63) is 17.7 Å². The van der Waals surface area contributed by atoms with Crippen LogP contribution in [0.15, 0.2) is 12.1 Å². The number of phenolic OH excluding ortho intramolecular Hbond substituents is 3. The smallest absolute Gasteiger partial charge is 0.200 e. The molecule has 0 saturated carbocycles. The van der Waals surface area contributed by atoms with Crippen molar-refractivity contribution in [2.75, 3.05) is 6.67 Å². The lowest BCUT2D eigenvalue weighted by atomic mass is 10.1. The van der Waals surface area contributed by atoms with Crippen molar-refractivity contribution in [1.29, 1.82) is 0 Å². The van der Waals surface area contributed by atoms with E-state index in [2.05, 4.69) is 0 Å². The first-order chi connectivity index (χ1) is 6.07. The fourth-order valence-corrected chi connectivity index (χ4v) is 0.967. The minimum atomic E-state index is -0.994. The second-order valence-electron chi connectivity index (χ2n) is 2.63. The van der Waals surface area contributed by atoms with Crippen LogP contribution in [0.1, 0.15) is 11.6 Å². The monoisotopic (exact) mass is 223 g/mol. The summed E-state index contributed by atoms with van der Waals surface area (Å²) in [6.07, 6.45) is 0. The molecule has 0 bridgehead atoms. The number of aromatic hydroxyl groups is 3. The van der Waals surface area contributed by atoms with Gasteiger partial charge in [-0.15, -0.1) is 12.4 Å². The van der Waals surface area contributed by atoms with Crippen LogP contribution in [-0.4, -0.2) is 22.0 Å². The van der Waals surface area contributed by atoms with Crippen molar-refractivity contribution in [2.45, 2.75) is 6.04 Å². The summed E-state index contributed by atoms with van der Waals surface area (Å²) in [5, 5.41) is 27.2. The fraction of sp³-hybridized carbons (Fsp3) is 0.250. The third kappa shape index (κ3) is 2.18. The zero-order valence-corrected chi connectivity index (χ0v) is 7.96. The molecule has 4 nitrogen and oxygen atoms in total. The summed E-state index contributed by atoms with van der Waals surface area (Å²) in [5.74, 6) is -1.72. The minimum absolute atomic E-state index is 0. The molecule has 0 heterocycles. The first kappa shape index (κ1) is 12.8. The van der Waals surface area contributed by atoms with Crippen LogP contribution >= 0.6 is 12.4 Å². The largest absolute Gasteiger partial charge is 0.504 e. The molecule has 0 amide bonds. The Hall–Kier alpha value is -1.20. The van der Waals surface area contributed by atoms with Gasteiger partial charge in [0.05, 0.1) is 6.04 Å². The van der Waals surface area contributed by atoms with Crippen LogP contribution in [0, 0.1) is 0 Å². The quantitative estimate of drug-likeness (QED) is 0.568. The van der Waals surface area contributed by atoms with Crippen molar-refractivity contribution < 1.29 is 19.7 Å². The normalized spacial score (nSPS) is 11.9. The first-order valence-corrected chi connectivity index (χ1v) is 3.63. The maximum atomic E-state index is 12.1. The van der Waals surface area contributed by atoms with E-state index in [1.54, 1.807) is 0 Å². The van der Waals surface area contributed by atoms with Crippen molar-refractivity contribution in [3.63, 3.8) is 0 Å². The summed E-state index contributed by atoms with van der Waals surface area (Å²) >= 11 is 0. The van der Waals surface area contributed by atoms with Gasteiger partial charge in [0.25, 0.3) is 0 Å². The van der Waals surface area contributed by atoms with E-state index in [0.29, 0.717) is 0 Å². The summed E-state index contributed by atoms with van der Waals surface area (Å²) in [6.45, 7) is -0.849. The molecule has 1 atom stereocenters. The molecule has 1 aromatic rings. The van der Waals surface area contributed by atoms with E-state index < -0.39 is 30.0 Å². The Morgan fingerprint density at radius 3 is 2.29 bits per heavy atom. The van der Waals surface area contributed by atoms with Crippen molar-refractivity contribution in [1.82, 2.24) is 0 Å². The molecular formula is C8H11ClFNO3. The van der Waals surface area contributed by atoms with E-state index in [1.807, 2.05) is 0 Å². The average molecular weight is 224 g/mol. The van der Waals surface area contributed by atoms with Gasteiger partial charge in [-0.3, -0.25) is 0 Å². The zero-order valence-electron chi connectivity index (χ0n) is 7.14. The maximum Gasteiger partial charge on any atom is 0.200 e. The number of phenols is 3. The van der Waals surface area contributed by atoms with Gasteiger partial charge in [-0.05, 0) is 12.1 Å². The van der Waals surface area contributed by atoms with Crippen molar-refractivity contribution >= 4 is 12.4 Å². The predicted molar refractivity (Wildman–Crippen MR) is 51.6 cm³/mol. The molecule has 80 valence electrons. The fourth-order valence-electron chi connectivity index (χ4n) is 0.967. The van der Waals surface area contributed by atoms with Gasteiger partial charge in [-0.1, -0.05) is 0 Å². The maximum absolute atomic E-state index is 12.1. The molecule has 0 spiro atoms. The molecule has 5 N–H and O–H groups in total. The van der Waals surface area contributed by atoms with Gasteiger partial charge in [-0.2, -0.15) is 0 Å². The summed E-state index contributed by atoms with van der Waals surface area (Å²) in [4.78, 5) is 0. The molecule has 0 unspecified atom stereocenters. The molecule has 0 aliphatic heterocycles. The Morgan fingerprint density at radius 2 is 1.79 bits per heavy atom. The van der Waals surface area contributed by atoms with Crippen LogP contribution < -0.4 is 5.73 Å². The summed E-state index contributed by atoms with van der Waals surface area (Å²) < 4.78 is 12.1. The van der Waals surface area contributed by atoms with Gasteiger partial charge in [0, 0.05) is 5.56 Å². The number of alkyl halides is 1. The molecule has 1 rings (SSSR count). The second kappa shape index (κ2) is 4.88.